The zero-order valence-electron chi connectivity index (χ0n) is 10.8. The van der Waals surface area contributed by atoms with E-state index in [1.54, 1.807) is 12.3 Å². The second kappa shape index (κ2) is 5.35. The third-order valence-corrected chi connectivity index (χ3v) is 3.22. The Morgan fingerprint density at radius 1 is 1.67 bits per heavy atom. The van der Waals surface area contributed by atoms with Crippen LogP contribution in [0.5, 0.6) is 5.88 Å². The molecule has 5 nitrogen and oxygen atoms in total. The lowest BCUT2D eigenvalue weighted by molar-refractivity contribution is -0.123. The number of rotatable bonds is 4. The highest BCUT2D eigenvalue weighted by Gasteiger charge is 2.36. The van der Waals surface area contributed by atoms with E-state index in [1.807, 2.05) is 19.9 Å². The molecular weight excluding hydrogens is 230 g/mol. The number of carbonyl (C=O) groups excluding carboxylic acids is 1. The van der Waals surface area contributed by atoms with Crippen LogP contribution in [0.25, 0.3) is 0 Å². The zero-order chi connectivity index (χ0) is 13.0. The third-order valence-electron chi connectivity index (χ3n) is 3.22. The summed E-state index contributed by atoms with van der Waals surface area (Å²) in [7, 11) is 0. The minimum atomic E-state index is -0.348. The molecule has 1 aliphatic rings. The van der Waals surface area contributed by atoms with Gasteiger partial charge in [-0.2, -0.15) is 0 Å². The Balaban J connectivity index is 2.11. The molecule has 0 aromatic carbocycles. The molecule has 1 aliphatic heterocycles. The number of aromatic nitrogens is 1. The summed E-state index contributed by atoms with van der Waals surface area (Å²) in [4.78, 5) is 16.4. The van der Waals surface area contributed by atoms with Crippen LogP contribution in [0.4, 0.5) is 5.69 Å². The van der Waals surface area contributed by atoms with Gasteiger partial charge in [-0.3, -0.25) is 4.79 Å². The van der Waals surface area contributed by atoms with E-state index in [0.29, 0.717) is 24.7 Å². The van der Waals surface area contributed by atoms with Gasteiger partial charge in [-0.05, 0) is 38.9 Å². The van der Waals surface area contributed by atoms with Crippen molar-refractivity contribution in [3.63, 3.8) is 0 Å². The maximum Gasteiger partial charge on any atom is 0.237 e. The third kappa shape index (κ3) is 2.61. The summed E-state index contributed by atoms with van der Waals surface area (Å²) in [6, 6.07) is 3.59. The number of carbonyl (C=O) groups is 1. The number of amides is 1. The first kappa shape index (κ1) is 12.8. The zero-order valence-corrected chi connectivity index (χ0v) is 10.8. The summed E-state index contributed by atoms with van der Waals surface area (Å²) in [5, 5.41) is 6.12. The van der Waals surface area contributed by atoms with Crippen LogP contribution in [0.15, 0.2) is 18.3 Å². The SMILES string of the molecule is CCOc1ncccc1NC(=O)C1(C)CCNC1. The van der Waals surface area contributed by atoms with Crippen LogP contribution in [-0.4, -0.2) is 30.6 Å². The molecule has 1 amide bonds. The largest absolute Gasteiger partial charge is 0.476 e. The minimum absolute atomic E-state index is 0.0152. The number of nitrogens with zero attached hydrogens (tertiary/aromatic N) is 1. The summed E-state index contributed by atoms with van der Waals surface area (Å²) < 4.78 is 5.39. The second-order valence-corrected chi connectivity index (χ2v) is 4.73. The van der Waals surface area contributed by atoms with Gasteiger partial charge in [-0.15, -0.1) is 0 Å². The van der Waals surface area contributed by atoms with Gasteiger partial charge in [-0.25, -0.2) is 4.98 Å². The Morgan fingerprint density at radius 2 is 2.50 bits per heavy atom. The van der Waals surface area contributed by atoms with Gasteiger partial charge in [0.1, 0.15) is 5.69 Å². The van der Waals surface area contributed by atoms with Gasteiger partial charge in [0.25, 0.3) is 0 Å². The van der Waals surface area contributed by atoms with Gasteiger partial charge in [0.05, 0.1) is 12.0 Å². The van der Waals surface area contributed by atoms with Crippen LogP contribution in [0.1, 0.15) is 20.3 Å². The fourth-order valence-corrected chi connectivity index (χ4v) is 2.02. The molecule has 2 rings (SSSR count). The van der Waals surface area contributed by atoms with Crippen molar-refractivity contribution in [3.05, 3.63) is 18.3 Å². The average Bonchev–Trinajstić information content (AvgIpc) is 2.80. The minimum Gasteiger partial charge on any atom is -0.476 e. The summed E-state index contributed by atoms with van der Waals surface area (Å²) >= 11 is 0. The Kier molecular flexibility index (Phi) is 3.81. The van der Waals surface area contributed by atoms with Crippen LogP contribution >= 0.6 is 0 Å². The molecule has 1 saturated heterocycles. The molecule has 0 spiro atoms. The van der Waals surface area contributed by atoms with E-state index < -0.39 is 0 Å². The van der Waals surface area contributed by atoms with Gasteiger partial charge < -0.3 is 15.4 Å². The lowest BCUT2D eigenvalue weighted by Crippen LogP contribution is -2.35. The molecule has 0 aliphatic carbocycles. The van der Waals surface area contributed by atoms with E-state index in [2.05, 4.69) is 15.6 Å². The predicted molar refractivity (Wildman–Crippen MR) is 69.6 cm³/mol. The second-order valence-electron chi connectivity index (χ2n) is 4.73. The monoisotopic (exact) mass is 249 g/mol. The molecule has 18 heavy (non-hydrogen) atoms. The van der Waals surface area contributed by atoms with E-state index >= 15 is 0 Å². The molecule has 1 aromatic rings. The Morgan fingerprint density at radius 3 is 3.17 bits per heavy atom. The molecule has 2 heterocycles. The normalized spacial score (nSPS) is 22.8. The quantitative estimate of drug-likeness (QED) is 0.847. The van der Waals surface area contributed by atoms with Crippen molar-refractivity contribution < 1.29 is 9.53 Å². The standard InChI is InChI=1S/C13H19N3O2/c1-3-18-11-10(5-4-7-15-11)16-12(17)13(2)6-8-14-9-13/h4-5,7,14H,3,6,8-9H2,1-2H3,(H,16,17). The highest BCUT2D eigenvalue weighted by atomic mass is 16.5. The van der Waals surface area contributed by atoms with Crippen molar-refractivity contribution in [2.75, 3.05) is 25.0 Å². The molecule has 1 aromatic heterocycles. The number of ether oxygens (including phenoxy) is 1. The van der Waals surface area contributed by atoms with Gasteiger partial charge in [0.2, 0.25) is 11.8 Å². The highest BCUT2D eigenvalue weighted by Crippen LogP contribution is 2.28. The number of nitrogens with one attached hydrogen (secondary N) is 2. The van der Waals surface area contributed by atoms with Crippen molar-refractivity contribution in [3.8, 4) is 5.88 Å². The fourth-order valence-electron chi connectivity index (χ4n) is 2.02. The van der Waals surface area contributed by atoms with Crippen LogP contribution in [0.2, 0.25) is 0 Å². The van der Waals surface area contributed by atoms with Gasteiger partial charge in [0.15, 0.2) is 0 Å². The number of anilines is 1. The molecule has 0 saturated carbocycles. The van der Waals surface area contributed by atoms with Crippen molar-refractivity contribution >= 4 is 11.6 Å². The van der Waals surface area contributed by atoms with Crippen LogP contribution in [0, 0.1) is 5.41 Å². The maximum atomic E-state index is 12.3. The first-order valence-corrected chi connectivity index (χ1v) is 6.26. The summed E-state index contributed by atoms with van der Waals surface area (Å²) in [5.41, 5.74) is 0.289. The average molecular weight is 249 g/mol. The first-order valence-electron chi connectivity index (χ1n) is 6.26. The number of pyridine rings is 1. The van der Waals surface area contributed by atoms with Crippen LogP contribution < -0.4 is 15.4 Å². The molecule has 1 atom stereocenters. The van der Waals surface area contributed by atoms with E-state index in [9.17, 15) is 4.79 Å². The van der Waals surface area contributed by atoms with Crippen molar-refractivity contribution in [2.45, 2.75) is 20.3 Å². The molecule has 1 fully saturated rings. The van der Waals surface area contributed by atoms with Gasteiger partial charge in [-0.1, -0.05) is 0 Å². The smallest absolute Gasteiger partial charge is 0.237 e. The van der Waals surface area contributed by atoms with Crippen molar-refractivity contribution in [1.82, 2.24) is 10.3 Å². The van der Waals surface area contributed by atoms with Crippen LogP contribution in [0.3, 0.4) is 0 Å². The van der Waals surface area contributed by atoms with Crippen LogP contribution in [-0.2, 0) is 4.79 Å². The molecule has 0 radical (unpaired) electrons. The Labute approximate surface area is 107 Å². The maximum absolute atomic E-state index is 12.3. The first-order chi connectivity index (χ1) is 8.65. The van der Waals surface area contributed by atoms with E-state index in [1.165, 1.54) is 0 Å². The van der Waals surface area contributed by atoms with Gasteiger partial charge >= 0.3 is 0 Å². The summed E-state index contributed by atoms with van der Waals surface area (Å²) in [6.45, 7) is 5.98. The summed E-state index contributed by atoms with van der Waals surface area (Å²) in [5.74, 6) is 0.490. The molecule has 0 bridgehead atoms. The fraction of sp³-hybridized carbons (Fsp3) is 0.538. The van der Waals surface area contributed by atoms with E-state index in [0.717, 1.165) is 13.0 Å². The van der Waals surface area contributed by atoms with Crippen molar-refractivity contribution in [2.24, 2.45) is 5.41 Å². The van der Waals surface area contributed by atoms with E-state index in [4.69, 9.17) is 4.74 Å². The Bertz CT molecular complexity index is 428. The number of hydrogen-bond donors (Lipinski definition) is 2. The lowest BCUT2D eigenvalue weighted by Gasteiger charge is -2.22. The topological polar surface area (TPSA) is 63.2 Å². The van der Waals surface area contributed by atoms with Gasteiger partial charge in [0, 0.05) is 12.7 Å². The predicted octanol–water partition coefficient (Wildman–Crippen LogP) is 1.42. The number of hydrogen-bond acceptors (Lipinski definition) is 4. The Hall–Kier alpha value is -1.62. The lowest BCUT2D eigenvalue weighted by atomic mass is 9.89. The molecule has 5 heteroatoms. The molecule has 98 valence electrons. The molecular formula is C13H19N3O2. The molecule has 2 N–H and O–H groups in total. The summed E-state index contributed by atoms with van der Waals surface area (Å²) in [6.07, 6.45) is 2.50. The molecule has 1 unspecified atom stereocenters. The van der Waals surface area contributed by atoms with Crippen molar-refractivity contribution in [1.29, 1.82) is 0 Å². The highest BCUT2D eigenvalue weighted by molar-refractivity contribution is 5.96. The van der Waals surface area contributed by atoms with E-state index in [-0.39, 0.29) is 11.3 Å².